The van der Waals surface area contributed by atoms with Gasteiger partial charge in [0.05, 0.1) is 18.8 Å². The van der Waals surface area contributed by atoms with Crippen molar-refractivity contribution < 1.29 is 9.53 Å². The van der Waals surface area contributed by atoms with Gasteiger partial charge in [0.25, 0.3) is 5.91 Å². The molecule has 1 amide bonds. The average molecular weight is 373 g/mol. The minimum absolute atomic E-state index is 0.0796. The van der Waals surface area contributed by atoms with Crippen LogP contribution in [0, 0.1) is 0 Å². The van der Waals surface area contributed by atoms with E-state index in [2.05, 4.69) is 17.1 Å². The molecule has 0 spiro atoms. The molecule has 26 heavy (non-hydrogen) atoms. The van der Waals surface area contributed by atoms with Gasteiger partial charge in [0.1, 0.15) is 0 Å². The fourth-order valence-electron chi connectivity index (χ4n) is 3.19. The second-order valence-electron chi connectivity index (χ2n) is 6.86. The van der Waals surface area contributed by atoms with Crippen LogP contribution in [-0.2, 0) is 11.3 Å². The van der Waals surface area contributed by atoms with Gasteiger partial charge in [-0.3, -0.25) is 9.69 Å². The van der Waals surface area contributed by atoms with Crippen molar-refractivity contribution in [1.29, 1.82) is 0 Å². The summed E-state index contributed by atoms with van der Waals surface area (Å²) in [6, 6.07) is 15.3. The molecule has 3 rings (SSSR count). The van der Waals surface area contributed by atoms with Crippen molar-refractivity contribution in [2.75, 3.05) is 19.7 Å². The molecule has 0 aromatic heterocycles. The van der Waals surface area contributed by atoms with Crippen LogP contribution < -0.4 is 5.32 Å². The van der Waals surface area contributed by atoms with Crippen LogP contribution in [0.15, 0.2) is 48.5 Å². The highest BCUT2D eigenvalue weighted by Crippen LogP contribution is 2.18. The summed E-state index contributed by atoms with van der Waals surface area (Å²) in [5.74, 6) is -0.0796. The van der Waals surface area contributed by atoms with E-state index in [1.165, 1.54) is 5.56 Å². The summed E-state index contributed by atoms with van der Waals surface area (Å²) in [6.45, 7) is 7.61. The van der Waals surface area contributed by atoms with Crippen LogP contribution in [0.1, 0.15) is 41.4 Å². The molecule has 1 saturated heterocycles. The highest BCUT2D eigenvalue weighted by atomic mass is 35.5. The van der Waals surface area contributed by atoms with Crippen LogP contribution in [0.5, 0.6) is 0 Å². The molecular formula is C21H25ClN2O2. The Morgan fingerprint density at radius 1 is 1.31 bits per heavy atom. The summed E-state index contributed by atoms with van der Waals surface area (Å²) in [5.41, 5.74) is 2.86. The van der Waals surface area contributed by atoms with Gasteiger partial charge in [-0.2, -0.15) is 0 Å². The third kappa shape index (κ3) is 5.07. The molecule has 138 valence electrons. The molecule has 4 nitrogen and oxygen atoms in total. The third-order valence-corrected chi connectivity index (χ3v) is 4.88. The number of halogens is 1. The maximum Gasteiger partial charge on any atom is 0.251 e. The molecule has 0 unspecified atom stereocenters. The molecule has 1 fully saturated rings. The van der Waals surface area contributed by atoms with Crippen LogP contribution in [0.3, 0.4) is 0 Å². The Labute approximate surface area is 160 Å². The highest BCUT2D eigenvalue weighted by Gasteiger charge is 2.17. The molecular weight excluding hydrogens is 348 g/mol. The van der Waals surface area contributed by atoms with Crippen molar-refractivity contribution in [1.82, 2.24) is 10.2 Å². The lowest BCUT2D eigenvalue weighted by Crippen LogP contribution is -2.40. The molecule has 1 N–H and O–H groups in total. The average Bonchev–Trinajstić information content (AvgIpc) is 2.62. The second kappa shape index (κ2) is 8.67. The first-order chi connectivity index (χ1) is 12.5. The number of carbonyl (C=O) groups is 1. The summed E-state index contributed by atoms with van der Waals surface area (Å²) in [5, 5.41) is 3.69. The number of nitrogens with one attached hydrogen (secondary N) is 1. The Bertz CT molecular complexity index is 748. The Hall–Kier alpha value is -1.88. The second-order valence-corrected chi connectivity index (χ2v) is 7.30. The fraction of sp³-hybridized carbons (Fsp3) is 0.381. The van der Waals surface area contributed by atoms with Gasteiger partial charge in [0.15, 0.2) is 0 Å². The zero-order valence-corrected chi connectivity index (χ0v) is 16.0. The molecule has 0 saturated carbocycles. The van der Waals surface area contributed by atoms with Gasteiger partial charge < -0.3 is 10.1 Å². The number of ether oxygens (including phenoxy) is 1. The maximum atomic E-state index is 12.5. The normalized spacial score (nSPS) is 19.1. The quantitative estimate of drug-likeness (QED) is 0.860. The first-order valence-corrected chi connectivity index (χ1v) is 9.38. The predicted octanol–water partition coefficient (Wildman–Crippen LogP) is 4.05. The van der Waals surface area contributed by atoms with Gasteiger partial charge in [0.2, 0.25) is 0 Å². The number of nitrogens with zero attached hydrogens (tertiary/aromatic N) is 1. The van der Waals surface area contributed by atoms with Crippen molar-refractivity contribution in [3.63, 3.8) is 0 Å². The van der Waals surface area contributed by atoms with Gasteiger partial charge in [0, 0.05) is 30.2 Å². The van der Waals surface area contributed by atoms with E-state index >= 15 is 0 Å². The highest BCUT2D eigenvalue weighted by molar-refractivity contribution is 6.30. The smallest absolute Gasteiger partial charge is 0.251 e. The van der Waals surface area contributed by atoms with Crippen molar-refractivity contribution >= 4 is 17.5 Å². The van der Waals surface area contributed by atoms with Crippen molar-refractivity contribution in [2.45, 2.75) is 32.5 Å². The number of hydrogen-bond acceptors (Lipinski definition) is 3. The summed E-state index contributed by atoms with van der Waals surface area (Å²) < 4.78 is 5.57. The van der Waals surface area contributed by atoms with E-state index in [0.29, 0.717) is 10.6 Å². The number of hydrogen-bond donors (Lipinski definition) is 1. The minimum Gasteiger partial charge on any atom is -0.376 e. The monoisotopic (exact) mass is 372 g/mol. The first-order valence-electron chi connectivity index (χ1n) is 9.00. The Morgan fingerprint density at radius 2 is 2.08 bits per heavy atom. The Morgan fingerprint density at radius 3 is 2.77 bits per heavy atom. The number of morpholine rings is 1. The molecule has 1 aliphatic heterocycles. The third-order valence-electron chi connectivity index (χ3n) is 4.64. The van der Waals surface area contributed by atoms with Gasteiger partial charge in [-0.25, -0.2) is 0 Å². The summed E-state index contributed by atoms with van der Waals surface area (Å²) >= 11 is 6.02. The van der Waals surface area contributed by atoms with E-state index < -0.39 is 0 Å². The fourth-order valence-corrected chi connectivity index (χ4v) is 3.39. The largest absolute Gasteiger partial charge is 0.376 e. The first kappa shape index (κ1) is 18.9. The lowest BCUT2D eigenvalue weighted by molar-refractivity contribution is -0.0212. The SMILES string of the molecule is C[C@@H]1CN(Cc2ccc(C(=O)N[C@@H](C)c3cccc(Cl)c3)cc2)CCO1. The van der Waals surface area contributed by atoms with E-state index in [1.807, 2.05) is 55.5 Å². The zero-order valence-electron chi connectivity index (χ0n) is 15.2. The Balaban J connectivity index is 1.58. The van der Waals surface area contributed by atoms with Gasteiger partial charge in [-0.05, 0) is 49.2 Å². The topological polar surface area (TPSA) is 41.6 Å². The molecule has 2 aromatic rings. The molecule has 1 heterocycles. The lowest BCUT2D eigenvalue weighted by Gasteiger charge is -2.31. The number of rotatable bonds is 5. The Kier molecular flexibility index (Phi) is 6.30. The molecule has 5 heteroatoms. The van der Waals surface area contributed by atoms with Gasteiger partial charge in [-0.15, -0.1) is 0 Å². The van der Waals surface area contributed by atoms with Crippen LogP contribution >= 0.6 is 11.6 Å². The standard InChI is InChI=1S/C21H25ClN2O2/c1-15-13-24(10-11-26-15)14-17-6-8-18(9-7-17)21(25)23-16(2)19-4-3-5-20(22)12-19/h3-9,12,15-16H,10-11,13-14H2,1-2H3,(H,23,25)/t15-,16+/m1/s1. The molecule has 0 aliphatic carbocycles. The van der Waals surface area contributed by atoms with Gasteiger partial charge >= 0.3 is 0 Å². The van der Waals surface area contributed by atoms with Crippen molar-refractivity contribution in [2.24, 2.45) is 0 Å². The van der Waals surface area contributed by atoms with Crippen LogP contribution in [0.2, 0.25) is 5.02 Å². The molecule has 2 aromatic carbocycles. The van der Waals surface area contributed by atoms with Gasteiger partial charge in [-0.1, -0.05) is 35.9 Å². The van der Waals surface area contributed by atoms with Crippen LogP contribution in [-0.4, -0.2) is 36.6 Å². The van der Waals surface area contributed by atoms with E-state index in [4.69, 9.17) is 16.3 Å². The molecule has 0 bridgehead atoms. The van der Waals surface area contributed by atoms with E-state index in [1.54, 1.807) is 0 Å². The zero-order chi connectivity index (χ0) is 18.5. The number of carbonyl (C=O) groups excluding carboxylic acids is 1. The number of amides is 1. The summed E-state index contributed by atoms with van der Waals surface area (Å²) in [7, 11) is 0. The van der Waals surface area contributed by atoms with E-state index in [-0.39, 0.29) is 18.1 Å². The summed E-state index contributed by atoms with van der Waals surface area (Å²) in [4.78, 5) is 14.9. The van der Waals surface area contributed by atoms with E-state index in [9.17, 15) is 4.79 Å². The van der Waals surface area contributed by atoms with Crippen LogP contribution in [0.25, 0.3) is 0 Å². The molecule has 2 atom stereocenters. The van der Waals surface area contributed by atoms with Crippen molar-refractivity contribution in [3.05, 3.63) is 70.2 Å². The van der Waals surface area contributed by atoms with E-state index in [0.717, 1.165) is 31.8 Å². The molecule has 0 radical (unpaired) electrons. The number of benzene rings is 2. The maximum absolute atomic E-state index is 12.5. The van der Waals surface area contributed by atoms with Crippen molar-refractivity contribution in [3.8, 4) is 0 Å². The predicted molar refractivity (Wildman–Crippen MR) is 104 cm³/mol. The van der Waals surface area contributed by atoms with Crippen LogP contribution in [0.4, 0.5) is 0 Å². The lowest BCUT2D eigenvalue weighted by atomic mass is 10.1. The molecule has 1 aliphatic rings. The minimum atomic E-state index is -0.101. The summed E-state index contributed by atoms with van der Waals surface area (Å²) in [6.07, 6.45) is 0.279.